The Hall–Kier alpha value is -2.53. The quantitative estimate of drug-likeness (QED) is 0.452. The minimum Gasteiger partial charge on any atom is -0.494 e. The van der Waals surface area contributed by atoms with Crippen LogP contribution in [-0.2, 0) is 24.1 Å². The molecule has 2 aromatic rings. The molecule has 2 heterocycles. The lowest BCUT2D eigenvalue weighted by Gasteiger charge is -2.33. The van der Waals surface area contributed by atoms with Gasteiger partial charge in [0, 0.05) is 32.7 Å². The van der Waals surface area contributed by atoms with E-state index in [1.165, 1.54) is 16.7 Å². The van der Waals surface area contributed by atoms with E-state index in [1.54, 1.807) is 0 Å². The average Bonchev–Trinajstić information content (AvgIpc) is 3.04. The predicted octanol–water partition coefficient (Wildman–Crippen LogP) is 6.09. The minimum atomic E-state index is -0.428. The standard InChI is InChI=1S/C30H42N2O3/c1-30(2,3)35-29(33)32-19-13-24(14-20-32)10-7-21-34-28-12-11-26-15-17-31(18-16-27(26)22-28)23-25-8-5-4-6-9-25/h4-6,8-9,11-12,22,24H,7,10,13-21,23H2,1-3H3. The first-order valence-electron chi connectivity index (χ1n) is 13.3. The number of hydrogen-bond donors (Lipinski definition) is 0. The summed E-state index contributed by atoms with van der Waals surface area (Å²) in [7, 11) is 0. The van der Waals surface area contributed by atoms with Gasteiger partial charge in [-0.1, -0.05) is 36.4 Å². The fraction of sp³-hybridized carbons (Fsp3) is 0.567. The van der Waals surface area contributed by atoms with Crippen LogP contribution in [0.5, 0.6) is 5.75 Å². The van der Waals surface area contributed by atoms with Crippen molar-refractivity contribution in [3.8, 4) is 5.75 Å². The first-order chi connectivity index (χ1) is 16.9. The summed E-state index contributed by atoms with van der Waals surface area (Å²) in [6.45, 7) is 11.3. The molecule has 2 aliphatic rings. The summed E-state index contributed by atoms with van der Waals surface area (Å²) in [5, 5.41) is 0. The number of hydrogen-bond acceptors (Lipinski definition) is 4. The molecule has 1 saturated heterocycles. The Morgan fingerprint density at radius 2 is 1.66 bits per heavy atom. The van der Waals surface area contributed by atoms with Crippen molar-refractivity contribution < 1.29 is 14.3 Å². The Kier molecular flexibility index (Phi) is 8.72. The zero-order chi connectivity index (χ0) is 24.7. The van der Waals surface area contributed by atoms with Crippen molar-refractivity contribution in [3.05, 3.63) is 65.2 Å². The van der Waals surface area contributed by atoms with Crippen LogP contribution in [0.25, 0.3) is 0 Å². The number of rotatable bonds is 7. The van der Waals surface area contributed by atoms with Crippen LogP contribution in [0, 0.1) is 5.92 Å². The van der Waals surface area contributed by atoms with Crippen LogP contribution in [0.2, 0.25) is 0 Å². The maximum atomic E-state index is 12.2. The predicted molar refractivity (Wildman–Crippen MR) is 141 cm³/mol. The molecule has 1 fully saturated rings. The normalized spacial score (nSPS) is 17.5. The van der Waals surface area contributed by atoms with E-state index in [0.717, 1.165) is 83.6 Å². The van der Waals surface area contributed by atoms with Crippen molar-refractivity contribution in [1.82, 2.24) is 9.80 Å². The van der Waals surface area contributed by atoms with Crippen molar-refractivity contribution in [2.75, 3.05) is 32.8 Å². The van der Waals surface area contributed by atoms with Gasteiger partial charge in [-0.3, -0.25) is 4.90 Å². The van der Waals surface area contributed by atoms with Gasteiger partial charge in [0.25, 0.3) is 0 Å². The van der Waals surface area contributed by atoms with Gasteiger partial charge in [0.15, 0.2) is 0 Å². The molecule has 0 spiro atoms. The molecule has 4 rings (SSSR count). The third-order valence-electron chi connectivity index (χ3n) is 7.11. The molecule has 190 valence electrons. The van der Waals surface area contributed by atoms with Crippen LogP contribution in [0.15, 0.2) is 48.5 Å². The van der Waals surface area contributed by atoms with Gasteiger partial charge >= 0.3 is 6.09 Å². The van der Waals surface area contributed by atoms with Crippen molar-refractivity contribution in [2.45, 2.75) is 71.4 Å². The molecule has 1 amide bonds. The van der Waals surface area contributed by atoms with Crippen LogP contribution >= 0.6 is 0 Å². The van der Waals surface area contributed by atoms with Gasteiger partial charge < -0.3 is 14.4 Å². The van der Waals surface area contributed by atoms with Crippen molar-refractivity contribution >= 4 is 6.09 Å². The van der Waals surface area contributed by atoms with Gasteiger partial charge in [-0.2, -0.15) is 0 Å². The third-order valence-corrected chi connectivity index (χ3v) is 7.11. The summed E-state index contributed by atoms with van der Waals surface area (Å²) in [6.07, 6.45) is 6.32. The molecule has 5 heteroatoms. The average molecular weight is 479 g/mol. The molecule has 2 aromatic carbocycles. The largest absolute Gasteiger partial charge is 0.494 e. The number of carbonyl (C=O) groups excluding carboxylic acids is 1. The summed E-state index contributed by atoms with van der Waals surface area (Å²) in [5.41, 5.74) is 3.86. The lowest BCUT2D eigenvalue weighted by atomic mass is 9.92. The van der Waals surface area contributed by atoms with E-state index in [4.69, 9.17) is 9.47 Å². The molecular formula is C30H42N2O3. The van der Waals surface area contributed by atoms with Crippen molar-refractivity contribution in [1.29, 1.82) is 0 Å². The summed E-state index contributed by atoms with van der Waals surface area (Å²) in [5.74, 6) is 1.67. The number of carbonyl (C=O) groups is 1. The van der Waals surface area contributed by atoms with Gasteiger partial charge in [-0.05, 0) is 94.0 Å². The number of amides is 1. The molecule has 0 unspecified atom stereocenters. The summed E-state index contributed by atoms with van der Waals surface area (Å²) in [6, 6.07) is 17.4. The van der Waals surface area contributed by atoms with E-state index in [2.05, 4.69) is 53.4 Å². The van der Waals surface area contributed by atoms with Crippen LogP contribution < -0.4 is 4.74 Å². The van der Waals surface area contributed by atoms with Gasteiger partial charge in [0.05, 0.1) is 6.61 Å². The van der Waals surface area contributed by atoms with E-state index in [9.17, 15) is 4.79 Å². The second-order valence-corrected chi connectivity index (χ2v) is 11.1. The number of benzene rings is 2. The Labute approximate surface area is 211 Å². The number of nitrogens with zero attached hydrogens (tertiary/aromatic N) is 2. The molecular weight excluding hydrogens is 436 g/mol. The Morgan fingerprint density at radius 3 is 2.37 bits per heavy atom. The molecule has 0 radical (unpaired) electrons. The maximum Gasteiger partial charge on any atom is 0.410 e. The highest BCUT2D eigenvalue weighted by atomic mass is 16.6. The highest BCUT2D eigenvalue weighted by Gasteiger charge is 2.26. The molecule has 35 heavy (non-hydrogen) atoms. The van der Waals surface area contributed by atoms with Crippen molar-refractivity contribution in [2.24, 2.45) is 5.92 Å². The first kappa shape index (κ1) is 25.6. The zero-order valence-electron chi connectivity index (χ0n) is 21.8. The van der Waals surface area contributed by atoms with Crippen LogP contribution in [-0.4, -0.2) is 54.3 Å². The highest BCUT2D eigenvalue weighted by Crippen LogP contribution is 2.25. The molecule has 0 atom stereocenters. The molecule has 5 nitrogen and oxygen atoms in total. The van der Waals surface area contributed by atoms with Gasteiger partial charge in [0.1, 0.15) is 11.4 Å². The fourth-order valence-corrected chi connectivity index (χ4v) is 5.13. The number of likely N-dealkylation sites (tertiary alicyclic amines) is 1. The SMILES string of the molecule is CC(C)(C)OC(=O)N1CCC(CCCOc2ccc3c(c2)CCN(Cc2ccccc2)CC3)CC1. The number of fused-ring (bicyclic) bond motifs is 1. The summed E-state index contributed by atoms with van der Waals surface area (Å²) < 4.78 is 11.6. The van der Waals surface area contributed by atoms with E-state index in [-0.39, 0.29) is 6.09 Å². The maximum absolute atomic E-state index is 12.2. The third kappa shape index (κ3) is 7.99. The summed E-state index contributed by atoms with van der Waals surface area (Å²) >= 11 is 0. The van der Waals surface area contributed by atoms with E-state index >= 15 is 0 Å². The second-order valence-electron chi connectivity index (χ2n) is 11.1. The molecule has 0 N–H and O–H groups in total. The topological polar surface area (TPSA) is 42.0 Å². The molecule has 0 saturated carbocycles. The van der Waals surface area contributed by atoms with E-state index in [1.807, 2.05) is 25.7 Å². The first-order valence-corrected chi connectivity index (χ1v) is 13.3. The Balaban J connectivity index is 1.16. The Bertz CT molecular complexity index is 946. The molecule has 0 aliphatic carbocycles. The van der Waals surface area contributed by atoms with Crippen LogP contribution in [0.4, 0.5) is 4.79 Å². The van der Waals surface area contributed by atoms with E-state index in [0.29, 0.717) is 5.92 Å². The molecule has 2 aliphatic heterocycles. The second kappa shape index (κ2) is 11.9. The smallest absolute Gasteiger partial charge is 0.410 e. The molecule has 0 aromatic heterocycles. The zero-order valence-corrected chi connectivity index (χ0v) is 21.8. The lowest BCUT2D eigenvalue weighted by molar-refractivity contribution is 0.0179. The monoisotopic (exact) mass is 478 g/mol. The number of ether oxygens (including phenoxy) is 2. The van der Waals surface area contributed by atoms with Crippen molar-refractivity contribution in [3.63, 3.8) is 0 Å². The van der Waals surface area contributed by atoms with Gasteiger partial charge in [-0.25, -0.2) is 4.79 Å². The minimum absolute atomic E-state index is 0.175. The summed E-state index contributed by atoms with van der Waals surface area (Å²) in [4.78, 5) is 16.7. The van der Waals surface area contributed by atoms with Gasteiger partial charge in [0.2, 0.25) is 0 Å². The lowest BCUT2D eigenvalue weighted by Crippen LogP contribution is -2.41. The number of piperidine rings is 1. The fourth-order valence-electron chi connectivity index (χ4n) is 5.13. The van der Waals surface area contributed by atoms with Crippen LogP contribution in [0.1, 0.15) is 63.1 Å². The highest BCUT2D eigenvalue weighted by molar-refractivity contribution is 5.68. The van der Waals surface area contributed by atoms with Crippen LogP contribution in [0.3, 0.4) is 0 Å². The Morgan fingerprint density at radius 1 is 0.943 bits per heavy atom. The van der Waals surface area contributed by atoms with E-state index < -0.39 is 5.60 Å². The van der Waals surface area contributed by atoms with Gasteiger partial charge in [-0.15, -0.1) is 0 Å². The molecule has 0 bridgehead atoms.